The summed E-state index contributed by atoms with van der Waals surface area (Å²) < 4.78 is 5.88. The van der Waals surface area contributed by atoms with Crippen LogP contribution in [0.1, 0.15) is 98.3 Å². The summed E-state index contributed by atoms with van der Waals surface area (Å²) in [5.41, 5.74) is 0.349. The molecule has 0 N–H and O–H groups in total. The van der Waals surface area contributed by atoms with Gasteiger partial charge in [-0.05, 0) is 93.3 Å². The first-order valence-corrected chi connectivity index (χ1v) is 13.2. The predicted octanol–water partition coefficient (Wildman–Crippen LogP) is 5.59. The molecule has 4 nitrogen and oxygen atoms in total. The van der Waals surface area contributed by atoms with Crippen LogP contribution < -0.4 is 0 Å². The van der Waals surface area contributed by atoms with E-state index in [9.17, 15) is 9.59 Å². The highest BCUT2D eigenvalue weighted by atomic mass is 16.6. The number of hydrogen-bond donors (Lipinski definition) is 0. The van der Waals surface area contributed by atoms with Gasteiger partial charge in [-0.2, -0.15) is 0 Å². The van der Waals surface area contributed by atoms with E-state index < -0.39 is 0 Å². The van der Waals surface area contributed by atoms with Gasteiger partial charge in [0.15, 0.2) is 6.23 Å². The summed E-state index contributed by atoms with van der Waals surface area (Å²) in [5, 5.41) is 0. The molecule has 174 valence electrons. The number of hydrogen-bond acceptors (Lipinski definition) is 4. The van der Waals surface area contributed by atoms with E-state index in [-0.39, 0.29) is 17.6 Å². The second-order valence-corrected chi connectivity index (χ2v) is 12.4. The summed E-state index contributed by atoms with van der Waals surface area (Å²) in [4.78, 5) is 27.2. The molecule has 0 amide bonds. The number of likely N-dealkylation sites (tertiary alicyclic amines) is 1. The molecule has 5 rings (SSSR count). The Bertz CT molecular complexity index is 736. The summed E-state index contributed by atoms with van der Waals surface area (Å²) in [6.07, 6.45) is 13.2. The maximum absolute atomic E-state index is 12.7. The molecule has 9 atom stereocenters. The summed E-state index contributed by atoms with van der Waals surface area (Å²) in [7, 11) is 0. The molecule has 4 unspecified atom stereocenters. The van der Waals surface area contributed by atoms with Gasteiger partial charge < -0.3 is 4.74 Å². The Morgan fingerprint density at radius 3 is 2.58 bits per heavy atom. The monoisotopic (exact) mass is 429 g/mol. The first-order chi connectivity index (χ1) is 14.7. The Hall–Kier alpha value is -0.900. The van der Waals surface area contributed by atoms with Crippen molar-refractivity contribution in [3.63, 3.8) is 0 Å². The average Bonchev–Trinajstić information content (AvgIpc) is 3.03. The fraction of sp³-hybridized carbons (Fsp3) is 0.926. The van der Waals surface area contributed by atoms with Crippen LogP contribution in [0.4, 0.5) is 0 Å². The van der Waals surface area contributed by atoms with Gasteiger partial charge in [0, 0.05) is 37.3 Å². The number of piperidine rings is 1. The van der Waals surface area contributed by atoms with Crippen molar-refractivity contribution in [1.29, 1.82) is 0 Å². The van der Waals surface area contributed by atoms with Crippen LogP contribution in [0, 0.1) is 40.4 Å². The maximum atomic E-state index is 12.7. The lowest BCUT2D eigenvalue weighted by Gasteiger charge is -2.61. The van der Waals surface area contributed by atoms with E-state index in [1.807, 2.05) is 0 Å². The van der Waals surface area contributed by atoms with Crippen LogP contribution in [-0.2, 0) is 14.3 Å². The molecular formula is C27H43NO3. The topological polar surface area (TPSA) is 46.6 Å². The first-order valence-electron chi connectivity index (χ1n) is 13.2. The third-order valence-corrected chi connectivity index (χ3v) is 10.9. The van der Waals surface area contributed by atoms with E-state index in [1.165, 1.54) is 44.9 Å². The van der Waals surface area contributed by atoms with E-state index in [1.54, 1.807) is 6.92 Å². The molecule has 1 aliphatic heterocycles. The van der Waals surface area contributed by atoms with E-state index in [0.717, 1.165) is 50.0 Å². The molecule has 1 heterocycles. The minimum absolute atomic E-state index is 0.0266. The van der Waals surface area contributed by atoms with Crippen LogP contribution in [0.5, 0.6) is 0 Å². The molecule has 0 radical (unpaired) electrons. The Morgan fingerprint density at radius 2 is 1.81 bits per heavy atom. The van der Waals surface area contributed by atoms with Gasteiger partial charge in [-0.25, -0.2) is 0 Å². The zero-order chi connectivity index (χ0) is 22.0. The molecule has 1 saturated heterocycles. The van der Waals surface area contributed by atoms with Crippen molar-refractivity contribution in [3.05, 3.63) is 0 Å². The third-order valence-electron chi connectivity index (χ3n) is 10.9. The van der Waals surface area contributed by atoms with Gasteiger partial charge in [0.2, 0.25) is 0 Å². The Labute approximate surface area is 188 Å². The summed E-state index contributed by atoms with van der Waals surface area (Å²) in [6, 6.07) is 0.533. The van der Waals surface area contributed by atoms with Gasteiger partial charge in [0.05, 0.1) is 0 Å². The molecule has 0 aromatic rings. The highest BCUT2D eigenvalue weighted by molar-refractivity contribution is 5.87. The average molecular weight is 430 g/mol. The van der Waals surface area contributed by atoms with Crippen molar-refractivity contribution >= 4 is 11.8 Å². The summed E-state index contributed by atoms with van der Waals surface area (Å²) in [5.74, 6) is 3.81. The van der Waals surface area contributed by atoms with Crippen LogP contribution in [0.3, 0.4) is 0 Å². The number of nitrogens with zero attached hydrogens (tertiary/aromatic N) is 1. The molecule has 31 heavy (non-hydrogen) atoms. The number of ether oxygens (including phenoxy) is 1. The van der Waals surface area contributed by atoms with Crippen LogP contribution >= 0.6 is 0 Å². The van der Waals surface area contributed by atoms with Crippen molar-refractivity contribution in [2.45, 2.75) is 111 Å². The van der Waals surface area contributed by atoms with Crippen LogP contribution in [0.25, 0.3) is 0 Å². The first kappa shape index (κ1) is 21.9. The molecule has 0 spiro atoms. The fourth-order valence-electron chi connectivity index (χ4n) is 9.32. The number of rotatable bonds is 2. The van der Waals surface area contributed by atoms with E-state index in [4.69, 9.17) is 4.74 Å². The van der Waals surface area contributed by atoms with E-state index >= 15 is 0 Å². The highest BCUT2D eigenvalue weighted by Crippen LogP contribution is 2.65. The summed E-state index contributed by atoms with van der Waals surface area (Å²) in [6.45, 7) is 9.78. The van der Waals surface area contributed by atoms with Crippen LogP contribution in [0.2, 0.25) is 0 Å². The standard InChI is InChI=1S/C27H43NO3/c1-17-6-5-15-28(25(17)31-18(2)29)20-9-7-19-8-10-21-22-11-12-24(30)26(22,3)14-13-23(21)27(19,4)16-20/h17,19-23,25H,5-16H2,1-4H3/t17?,19?,20?,21-,22-,23+,25?,26-,27-/m0/s1. The molecule has 4 saturated carbocycles. The van der Waals surface area contributed by atoms with Crippen molar-refractivity contribution < 1.29 is 14.3 Å². The Kier molecular flexibility index (Phi) is 5.55. The lowest BCUT2D eigenvalue weighted by Crippen LogP contribution is -2.59. The number of esters is 1. The van der Waals surface area contributed by atoms with Crippen LogP contribution in [-0.4, -0.2) is 35.5 Å². The van der Waals surface area contributed by atoms with E-state index in [2.05, 4.69) is 25.7 Å². The minimum Gasteiger partial charge on any atom is -0.446 e. The van der Waals surface area contributed by atoms with Gasteiger partial charge in [-0.3, -0.25) is 14.5 Å². The second-order valence-electron chi connectivity index (χ2n) is 12.4. The number of ketones is 1. The van der Waals surface area contributed by atoms with Gasteiger partial charge in [0.1, 0.15) is 5.78 Å². The Balaban J connectivity index is 1.38. The zero-order valence-electron chi connectivity index (χ0n) is 20.2. The van der Waals surface area contributed by atoms with Crippen molar-refractivity contribution in [1.82, 2.24) is 4.90 Å². The fourth-order valence-corrected chi connectivity index (χ4v) is 9.32. The molecule has 0 bridgehead atoms. The van der Waals surface area contributed by atoms with Gasteiger partial charge in [-0.1, -0.05) is 20.8 Å². The molecular weight excluding hydrogens is 386 g/mol. The summed E-state index contributed by atoms with van der Waals surface area (Å²) >= 11 is 0. The van der Waals surface area contributed by atoms with Gasteiger partial charge in [-0.15, -0.1) is 0 Å². The molecule has 0 aromatic heterocycles. The smallest absolute Gasteiger partial charge is 0.304 e. The van der Waals surface area contributed by atoms with Crippen molar-refractivity contribution in [2.24, 2.45) is 40.4 Å². The molecule has 4 aliphatic carbocycles. The number of carbonyl (C=O) groups is 2. The Morgan fingerprint density at radius 1 is 1.03 bits per heavy atom. The minimum atomic E-state index is -0.140. The zero-order valence-corrected chi connectivity index (χ0v) is 20.2. The number of carbonyl (C=O) groups excluding carboxylic acids is 2. The maximum Gasteiger partial charge on any atom is 0.304 e. The molecule has 5 fully saturated rings. The van der Waals surface area contributed by atoms with Gasteiger partial charge >= 0.3 is 5.97 Å². The third kappa shape index (κ3) is 3.42. The largest absolute Gasteiger partial charge is 0.446 e. The molecule has 4 heteroatoms. The molecule has 0 aromatic carbocycles. The number of Topliss-reactive ketones (excluding diaryl/α,β-unsaturated/α-hetero) is 1. The van der Waals surface area contributed by atoms with Crippen molar-refractivity contribution in [2.75, 3.05) is 6.54 Å². The lowest BCUT2D eigenvalue weighted by atomic mass is 9.45. The predicted molar refractivity (Wildman–Crippen MR) is 121 cm³/mol. The van der Waals surface area contributed by atoms with Crippen LogP contribution in [0.15, 0.2) is 0 Å². The van der Waals surface area contributed by atoms with Gasteiger partial charge in [0.25, 0.3) is 0 Å². The lowest BCUT2D eigenvalue weighted by molar-refractivity contribution is -0.180. The molecule has 5 aliphatic rings. The SMILES string of the molecule is CC(=O)OC1C(C)CCCN1C1CCC2CC[C@@H]3[C@@H](CC[C@]4(C)C(=O)CC[C@@H]34)[C@@]2(C)C1. The number of fused-ring (bicyclic) bond motifs is 5. The normalized spacial score (nSPS) is 50.3. The second kappa shape index (κ2) is 7.85. The van der Waals surface area contributed by atoms with E-state index in [0.29, 0.717) is 29.1 Å². The van der Waals surface area contributed by atoms with Crippen molar-refractivity contribution in [3.8, 4) is 0 Å². The quantitative estimate of drug-likeness (QED) is 0.537. The highest BCUT2D eigenvalue weighted by Gasteiger charge is 2.60.